The summed E-state index contributed by atoms with van der Waals surface area (Å²) < 4.78 is 52.2. The summed E-state index contributed by atoms with van der Waals surface area (Å²) in [5.74, 6) is -4.75. The molecular weight excluding hydrogens is 585 g/mol. The fraction of sp³-hybridized carbons (Fsp3) is 0.765. The van der Waals surface area contributed by atoms with Gasteiger partial charge in [0, 0.05) is 26.4 Å². The lowest BCUT2D eigenvalue weighted by Crippen LogP contribution is -2.72. The van der Waals surface area contributed by atoms with Crippen LogP contribution in [0.25, 0.3) is 0 Å². The van der Waals surface area contributed by atoms with E-state index < -0.39 is 54.3 Å². The van der Waals surface area contributed by atoms with E-state index in [-0.39, 0.29) is 19.8 Å². The van der Waals surface area contributed by atoms with Crippen LogP contribution in [0.5, 0.6) is 0 Å². The SMILES string of the molecule is CCCCOC[C@H]1O[C@@](O)(C(F)C(=O)N[C@@H](C)C(=O)OCc2ccccc2)[C@H](OCCCC)[C@@H](OCCCC)[C@H]1OCCCC. The van der Waals surface area contributed by atoms with E-state index in [4.69, 9.17) is 28.4 Å². The average Bonchev–Trinajstić information content (AvgIpc) is 3.04. The third kappa shape index (κ3) is 12.5. The summed E-state index contributed by atoms with van der Waals surface area (Å²) in [4.78, 5) is 25.9. The van der Waals surface area contributed by atoms with Gasteiger partial charge >= 0.3 is 5.97 Å². The molecule has 1 amide bonds. The molecule has 1 fully saturated rings. The molecule has 0 spiro atoms. The van der Waals surface area contributed by atoms with Crippen molar-refractivity contribution in [1.29, 1.82) is 0 Å². The number of halogens is 1. The molecule has 0 aliphatic carbocycles. The molecule has 45 heavy (non-hydrogen) atoms. The molecule has 1 heterocycles. The number of ether oxygens (including phenoxy) is 6. The van der Waals surface area contributed by atoms with Gasteiger partial charge in [-0.15, -0.1) is 0 Å². The molecule has 1 unspecified atom stereocenters. The quantitative estimate of drug-likeness (QED) is 0.125. The van der Waals surface area contributed by atoms with Gasteiger partial charge in [0.1, 0.15) is 37.1 Å². The Morgan fingerprint density at radius 2 is 1.44 bits per heavy atom. The molecule has 1 aromatic rings. The first-order valence-corrected chi connectivity index (χ1v) is 16.7. The maximum absolute atomic E-state index is 16.4. The minimum atomic E-state index is -2.76. The summed E-state index contributed by atoms with van der Waals surface area (Å²) in [6.07, 6.45) is -0.304. The highest BCUT2D eigenvalue weighted by atomic mass is 19.1. The number of alkyl halides is 1. The smallest absolute Gasteiger partial charge is 0.328 e. The third-order valence-electron chi connectivity index (χ3n) is 7.60. The minimum Gasteiger partial charge on any atom is -0.459 e. The van der Waals surface area contributed by atoms with E-state index in [0.717, 1.165) is 50.5 Å². The number of hydrogen-bond donors (Lipinski definition) is 2. The van der Waals surface area contributed by atoms with Gasteiger partial charge in [-0.1, -0.05) is 83.7 Å². The monoisotopic (exact) mass is 641 g/mol. The van der Waals surface area contributed by atoms with Gasteiger partial charge in [0.15, 0.2) is 0 Å². The van der Waals surface area contributed by atoms with Crippen LogP contribution in [0.1, 0.15) is 91.5 Å². The summed E-state index contributed by atoms with van der Waals surface area (Å²) in [6.45, 7) is 10.8. The van der Waals surface area contributed by atoms with Crippen molar-refractivity contribution in [2.75, 3.05) is 33.0 Å². The van der Waals surface area contributed by atoms with E-state index in [0.29, 0.717) is 26.2 Å². The number of unbranched alkanes of at least 4 members (excludes halogenated alkanes) is 4. The molecular formula is C34H56FNO9. The van der Waals surface area contributed by atoms with Crippen molar-refractivity contribution in [2.24, 2.45) is 0 Å². The van der Waals surface area contributed by atoms with Gasteiger partial charge in [-0.05, 0) is 38.2 Å². The van der Waals surface area contributed by atoms with Crippen LogP contribution in [0.2, 0.25) is 0 Å². The highest BCUT2D eigenvalue weighted by Gasteiger charge is 2.62. The fourth-order valence-electron chi connectivity index (χ4n) is 4.84. The Balaban J connectivity index is 2.33. The van der Waals surface area contributed by atoms with Crippen molar-refractivity contribution in [1.82, 2.24) is 5.32 Å². The first-order valence-electron chi connectivity index (χ1n) is 16.7. The van der Waals surface area contributed by atoms with Crippen molar-refractivity contribution < 1.29 is 47.5 Å². The van der Waals surface area contributed by atoms with Crippen LogP contribution in [0.3, 0.4) is 0 Å². The van der Waals surface area contributed by atoms with Crippen LogP contribution in [0.15, 0.2) is 30.3 Å². The average molecular weight is 642 g/mol. The first-order chi connectivity index (χ1) is 21.7. The predicted molar refractivity (Wildman–Crippen MR) is 168 cm³/mol. The highest BCUT2D eigenvalue weighted by Crippen LogP contribution is 2.38. The van der Waals surface area contributed by atoms with Gasteiger partial charge in [0.2, 0.25) is 12.0 Å². The van der Waals surface area contributed by atoms with Crippen LogP contribution in [0, 0.1) is 0 Å². The second kappa shape index (κ2) is 21.6. The summed E-state index contributed by atoms with van der Waals surface area (Å²) in [6, 6.07) is 7.86. The summed E-state index contributed by atoms with van der Waals surface area (Å²) >= 11 is 0. The molecule has 7 atom stereocenters. The first kappa shape index (κ1) is 39.0. The van der Waals surface area contributed by atoms with Crippen LogP contribution >= 0.6 is 0 Å². The highest BCUT2D eigenvalue weighted by molar-refractivity contribution is 5.87. The van der Waals surface area contributed by atoms with Crippen molar-refractivity contribution in [2.45, 2.75) is 135 Å². The number of rotatable bonds is 23. The van der Waals surface area contributed by atoms with Crippen LogP contribution in [-0.4, -0.2) is 92.4 Å². The second-order valence-corrected chi connectivity index (χ2v) is 11.5. The molecule has 0 aromatic heterocycles. The van der Waals surface area contributed by atoms with Crippen LogP contribution < -0.4 is 5.32 Å². The minimum absolute atomic E-state index is 0.00472. The molecule has 0 saturated carbocycles. The molecule has 0 radical (unpaired) electrons. The van der Waals surface area contributed by atoms with Gasteiger partial charge in [-0.25, -0.2) is 9.18 Å². The number of carbonyl (C=O) groups excluding carboxylic acids is 2. The molecule has 11 heteroatoms. The van der Waals surface area contributed by atoms with Crippen LogP contribution in [-0.2, 0) is 44.6 Å². The van der Waals surface area contributed by atoms with Gasteiger partial charge in [-0.3, -0.25) is 4.79 Å². The summed E-state index contributed by atoms with van der Waals surface area (Å²) in [5, 5.41) is 14.3. The predicted octanol–water partition coefficient (Wildman–Crippen LogP) is 5.03. The number of aliphatic hydroxyl groups is 1. The third-order valence-corrected chi connectivity index (χ3v) is 7.60. The van der Waals surface area contributed by atoms with Gasteiger partial charge in [-0.2, -0.15) is 0 Å². The Morgan fingerprint density at radius 3 is 2.04 bits per heavy atom. The zero-order valence-corrected chi connectivity index (χ0v) is 27.8. The zero-order chi connectivity index (χ0) is 33.1. The van der Waals surface area contributed by atoms with E-state index >= 15 is 4.39 Å². The number of nitrogens with one attached hydrogen (secondary N) is 1. The topological polar surface area (TPSA) is 122 Å². The molecule has 1 aliphatic rings. The number of hydrogen-bond acceptors (Lipinski definition) is 9. The van der Waals surface area contributed by atoms with Gasteiger partial charge in [0.25, 0.3) is 5.91 Å². The maximum Gasteiger partial charge on any atom is 0.328 e. The number of esters is 1. The largest absolute Gasteiger partial charge is 0.459 e. The lowest BCUT2D eigenvalue weighted by Gasteiger charge is -2.50. The van der Waals surface area contributed by atoms with Crippen molar-refractivity contribution >= 4 is 11.9 Å². The number of amides is 1. The van der Waals surface area contributed by atoms with E-state index in [2.05, 4.69) is 5.32 Å². The Kier molecular flexibility index (Phi) is 18.7. The van der Waals surface area contributed by atoms with E-state index in [1.165, 1.54) is 6.92 Å². The lowest BCUT2D eigenvalue weighted by atomic mass is 9.88. The standard InChI is InChI=1S/C34H56FNO9/c1-6-10-19-40-24-27-28(41-20-11-7-2)29(42-21-12-8-3)31(43-22-13-9-4)34(39,45-27)30(35)32(37)36-25(5)33(38)44-23-26-17-15-14-16-18-26/h14-18,25,27-31,39H,6-13,19-24H2,1-5H3,(H,36,37)/t25-,27+,28-,29-,30?,31+,34-/m0/s1. The fourth-order valence-corrected chi connectivity index (χ4v) is 4.84. The molecule has 258 valence electrons. The lowest BCUT2D eigenvalue weighted by molar-refractivity contribution is -0.378. The molecule has 0 bridgehead atoms. The number of benzene rings is 1. The Labute approximate surface area is 268 Å². The van der Waals surface area contributed by atoms with Crippen molar-refractivity contribution in [3.63, 3.8) is 0 Å². The zero-order valence-electron chi connectivity index (χ0n) is 27.8. The Bertz CT molecular complexity index is 955. The molecule has 2 N–H and O–H groups in total. The molecule has 1 aliphatic heterocycles. The Morgan fingerprint density at radius 1 is 0.889 bits per heavy atom. The summed E-state index contributed by atoms with van der Waals surface area (Å²) in [7, 11) is 0. The van der Waals surface area contributed by atoms with Gasteiger partial charge < -0.3 is 38.8 Å². The van der Waals surface area contributed by atoms with Crippen LogP contribution in [0.4, 0.5) is 4.39 Å². The normalized spacial score (nSPS) is 24.6. The maximum atomic E-state index is 16.4. The van der Waals surface area contributed by atoms with Gasteiger partial charge in [0.05, 0.1) is 6.61 Å². The molecule has 10 nitrogen and oxygen atoms in total. The van der Waals surface area contributed by atoms with E-state index in [9.17, 15) is 14.7 Å². The van der Waals surface area contributed by atoms with Crippen molar-refractivity contribution in [3.05, 3.63) is 35.9 Å². The van der Waals surface area contributed by atoms with E-state index in [1.807, 2.05) is 45.9 Å². The summed E-state index contributed by atoms with van der Waals surface area (Å²) in [5.41, 5.74) is 0.766. The molecule has 2 rings (SSSR count). The Hall–Kier alpha value is -2.15. The molecule has 1 saturated heterocycles. The number of carbonyl (C=O) groups is 2. The molecule has 1 aromatic carbocycles. The van der Waals surface area contributed by atoms with E-state index in [1.54, 1.807) is 12.1 Å². The second-order valence-electron chi connectivity index (χ2n) is 11.5. The van der Waals surface area contributed by atoms with Crippen molar-refractivity contribution in [3.8, 4) is 0 Å².